The summed E-state index contributed by atoms with van der Waals surface area (Å²) in [5.74, 6) is -0.836. The molecule has 0 fully saturated rings. The monoisotopic (exact) mass is 234 g/mol. The first-order valence-corrected chi connectivity index (χ1v) is 5.27. The standard InChI is InChI=1S/C14H12F2O/c1-9-5-6-12(16)8-13(9)14(17)10-3-2-4-11(15)7-10/h2-8,14,17H,1H3. The predicted molar refractivity (Wildman–Crippen MR) is 61.6 cm³/mol. The molecular formula is C14H12F2O. The van der Waals surface area contributed by atoms with Gasteiger partial charge in [-0.3, -0.25) is 0 Å². The van der Waals surface area contributed by atoms with E-state index in [1.165, 1.54) is 30.3 Å². The average molecular weight is 234 g/mol. The van der Waals surface area contributed by atoms with Gasteiger partial charge in [0.25, 0.3) is 0 Å². The number of halogens is 2. The van der Waals surface area contributed by atoms with Crippen molar-refractivity contribution in [2.75, 3.05) is 0 Å². The molecule has 88 valence electrons. The van der Waals surface area contributed by atoms with Crippen LogP contribution in [0.25, 0.3) is 0 Å². The second kappa shape index (κ2) is 4.63. The van der Waals surface area contributed by atoms with Crippen LogP contribution in [0.15, 0.2) is 42.5 Å². The van der Waals surface area contributed by atoms with E-state index in [4.69, 9.17) is 0 Å². The van der Waals surface area contributed by atoms with Gasteiger partial charge in [0.05, 0.1) is 0 Å². The summed E-state index contributed by atoms with van der Waals surface area (Å²) in [4.78, 5) is 0. The fraction of sp³-hybridized carbons (Fsp3) is 0.143. The summed E-state index contributed by atoms with van der Waals surface area (Å²) in [7, 11) is 0. The maximum absolute atomic E-state index is 13.1. The lowest BCUT2D eigenvalue weighted by Crippen LogP contribution is -2.03. The molecule has 1 N–H and O–H groups in total. The summed E-state index contributed by atoms with van der Waals surface area (Å²) < 4.78 is 26.2. The fourth-order valence-corrected chi connectivity index (χ4v) is 1.76. The van der Waals surface area contributed by atoms with Crippen molar-refractivity contribution in [2.45, 2.75) is 13.0 Å². The number of aryl methyl sites for hydroxylation is 1. The van der Waals surface area contributed by atoms with Crippen molar-refractivity contribution in [2.24, 2.45) is 0 Å². The second-order valence-corrected chi connectivity index (χ2v) is 3.96. The molecule has 0 bridgehead atoms. The van der Waals surface area contributed by atoms with Crippen molar-refractivity contribution in [3.8, 4) is 0 Å². The van der Waals surface area contributed by atoms with E-state index in [1.54, 1.807) is 19.1 Å². The first kappa shape index (κ1) is 11.7. The van der Waals surface area contributed by atoms with Crippen LogP contribution >= 0.6 is 0 Å². The fourth-order valence-electron chi connectivity index (χ4n) is 1.76. The number of hydrogen-bond donors (Lipinski definition) is 1. The van der Waals surface area contributed by atoms with E-state index in [2.05, 4.69) is 0 Å². The van der Waals surface area contributed by atoms with Crippen molar-refractivity contribution in [1.82, 2.24) is 0 Å². The Kier molecular flexibility index (Phi) is 3.20. The van der Waals surface area contributed by atoms with E-state index < -0.39 is 17.7 Å². The van der Waals surface area contributed by atoms with Crippen LogP contribution in [0, 0.1) is 18.6 Å². The molecule has 0 aliphatic carbocycles. The van der Waals surface area contributed by atoms with Crippen LogP contribution in [0.2, 0.25) is 0 Å². The van der Waals surface area contributed by atoms with Crippen molar-refractivity contribution >= 4 is 0 Å². The van der Waals surface area contributed by atoms with Crippen LogP contribution in [0.3, 0.4) is 0 Å². The summed E-state index contributed by atoms with van der Waals surface area (Å²) >= 11 is 0. The Bertz CT molecular complexity index is 537. The van der Waals surface area contributed by atoms with Crippen molar-refractivity contribution in [1.29, 1.82) is 0 Å². The van der Waals surface area contributed by atoms with Gasteiger partial charge in [-0.05, 0) is 47.9 Å². The summed E-state index contributed by atoms with van der Waals surface area (Å²) in [6.45, 7) is 1.78. The summed E-state index contributed by atoms with van der Waals surface area (Å²) in [5.41, 5.74) is 1.64. The molecule has 1 nitrogen and oxygen atoms in total. The molecule has 3 heteroatoms. The molecule has 0 spiro atoms. The van der Waals surface area contributed by atoms with Crippen molar-refractivity contribution in [3.05, 3.63) is 70.8 Å². The van der Waals surface area contributed by atoms with E-state index in [1.807, 2.05) is 0 Å². The Morgan fingerprint density at radius 2 is 1.71 bits per heavy atom. The molecule has 0 aliphatic rings. The molecule has 1 atom stereocenters. The highest BCUT2D eigenvalue weighted by Gasteiger charge is 2.14. The molecular weight excluding hydrogens is 222 g/mol. The lowest BCUT2D eigenvalue weighted by Gasteiger charge is -2.14. The van der Waals surface area contributed by atoms with Gasteiger partial charge in [-0.15, -0.1) is 0 Å². The minimum absolute atomic E-state index is 0.415. The highest BCUT2D eigenvalue weighted by atomic mass is 19.1. The van der Waals surface area contributed by atoms with Crippen LogP contribution in [-0.2, 0) is 0 Å². The largest absolute Gasteiger partial charge is 0.384 e. The normalized spacial score (nSPS) is 12.5. The van der Waals surface area contributed by atoms with E-state index in [0.29, 0.717) is 11.1 Å². The number of benzene rings is 2. The maximum atomic E-state index is 13.1. The smallest absolute Gasteiger partial charge is 0.123 e. The Morgan fingerprint density at radius 3 is 2.41 bits per heavy atom. The highest BCUT2D eigenvalue weighted by molar-refractivity contribution is 5.35. The van der Waals surface area contributed by atoms with E-state index in [-0.39, 0.29) is 0 Å². The van der Waals surface area contributed by atoms with Gasteiger partial charge in [0.15, 0.2) is 0 Å². The molecule has 0 aliphatic heterocycles. The molecule has 2 aromatic rings. The minimum atomic E-state index is -1.01. The second-order valence-electron chi connectivity index (χ2n) is 3.96. The number of hydrogen-bond acceptors (Lipinski definition) is 1. The topological polar surface area (TPSA) is 20.2 Å². The van der Waals surface area contributed by atoms with E-state index in [9.17, 15) is 13.9 Å². The van der Waals surface area contributed by atoms with Crippen LogP contribution < -0.4 is 0 Å². The maximum Gasteiger partial charge on any atom is 0.123 e. The van der Waals surface area contributed by atoms with Crippen molar-refractivity contribution < 1.29 is 13.9 Å². The third kappa shape index (κ3) is 2.50. The molecule has 0 aromatic heterocycles. The van der Waals surface area contributed by atoms with Gasteiger partial charge >= 0.3 is 0 Å². The predicted octanol–water partition coefficient (Wildman–Crippen LogP) is 3.35. The van der Waals surface area contributed by atoms with E-state index >= 15 is 0 Å². The molecule has 0 amide bonds. The third-order valence-electron chi connectivity index (χ3n) is 2.70. The lowest BCUT2D eigenvalue weighted by molar-refractivity contribution is 0.218. The zero-order valence-electron chi connectivity index (χ0n) is 9.32. The molecule has 0 saturated heterocycles. The Morgan fingerprint density at radius 1 is 1.00 bits per heavy atom. The Balaban J connectivity index is 2.43. The van der Waals surface area contributed by atoms with Crippen molar-refractivity contribution in [3.63, 3.8) is 0 Å². The first-order valence-electron chi connectivity index (χ1n) is 5.27. The van der Waals surface area contributed by atoms with E-state index in [0.717, 1.165) is 5.56 Å². The quantitative estimate of drug-likeness (QED) is 0.844. The zero-order chi connectivity index (χ0) is 12.4. The highest BCUT2D eigenvalue weighted by Crippen LogP contribution is 2.25. The van der Waals surface area contributed by atoms with Gasteiger partial charge in [0.1, 0.15) is 17.7 Å². The molecule has 1 unspecified atom stereocenters. The molecule has 2 rings (SSSR count). The molecule has 0 radical (unpaired) electrons. The van der Waals surface area contributed by atoms with Gasteiger partial charge < -0.3 is 5.11 Å². The molecule has 0 heterocycles. The van der Waals surface area contributed by atoms with Gasteiger partial charge in [0, 0.05) is 0 Å². The SMILES string of the molecule is Cc1ccc(F)cc1C(O)c1cccc(F)c1. The number of aliphatic hydroxyl groups excluding tert-OH is 1. The minimum Gasteiger partial charge on any atom is -0.384 e. The van der Waals surface area contributed by atoms with Crippen LogP contribution in [0.5, 0.6) is 0 Å². The van der Waals surface area contributed by atoms with Crippen LogP contribution in [-0.4, -0.2) is 5.11 Å². The summed E-state index contributed by atoms with van der Waals surface area (Å²) in [5, 5.41) is 10.1. The Labute approximate surface area is 98.3 Å². The van der Waals surface area contributed by atoms with Crippen LogP contribution in [0.1, 0.15) is 22.8 Å². The third-order valence-corrected chi connectivity index (χ3v) is 2.70. The molecule has 2 aromatic carbocycles. The summed E-state index contributed by atoms with van der Waals surface area (Å²) in [6.07, 6.45) is -1.01. The van der Waals surface area contributed by atoms with Crippen LogP contribution in [0.4, 0.5) is 8.78 Å². The first-order chi connectivity index (χ1) is 8.08. The van der Waals surface area contributed by atoms with Gasteiger partial charge in [-0.25, -0.2) is 8.78 Å². The summed E-state index contributed by atoms with van der Waals surface area (Å²) in [6, 6.07) is 9.86. The Hall–Kier alpha value is -1.74. The van der Waals surface area contributed by atoms with Gasteiger partial charge in [0.2, 0.25) is 0 Å². The number of aliphatic hydroxyl groups is 1. The van der Waals surface area contributed by atoms with Gasteiger partial charge in [-0.2, -0.15) is 0 Å². The van der Waals surface area contributed by atoms with Gasteiger partial charge in [-0.1, -0.05) is 18.2 Å². The number of rotatable bonds is 2. The molecule has 0 saturated carbocycles. The lowest BCUT2D eigenvalue weighted by atomic mass is 9.97. The average Bonchev–Trinajstić information content (AvgIpc) is 2.31. The molecule has 17 heavy (non-hydrogen) atoms. The zero-order valence-corrected chi connectivity index (χ0v) is 9.32.